The molecule has 1 unspecified atom stereocenters. The maximum Gasteiger partial charge on any atom is 0.338 e. The van der Waals surface area contributed by atoms with Gasteiger partial charge in [-0.25, -0.2) is 24.0 Å². The van der Waals surface area contributed by atoms with E-state index in [-0.39, 0.29) is 22.6 Å². The molecule has 0 saturated carbocycles. The van der Waals surface area contributed by atoms with E-state index in [2.05, 4.69) is 21.3 Å². The Labute approximate surface area is 362 Å². The van der Waals surface area contributed by atoms with Crippen molar-refractivity contribution < 1.29 is 73.1 Å². The number of carboxylic acids is 4. The standard InChI is InChI=1S/C45H38N4O15/c1-5-22(3)63-45(62)23-14-25(48-39(52)30-17-29(37(50)46-4)33(41(54)55)19-34(30)42(56)57)16-26(15-23)49-40(53)32-18-31(35(43(58)59)20-36(32)44(60)61)38(51)47-24-8-12-28(13-9-24)64-27-10-6-21(2)7-11-27/h6-20,22H,5H2,1-4H3,(H,46,50)(H,47,51)(H,48,52)(H,49,53)(H,54,55)(H,56,57)(H,58,59)(H,60,61). The summed E-state index contributed by atoms with van der Waals surface area (Å²) < 4.78 is 11.2. The molecule has 64 heavy (non-hydrogen) atoms. The van der Waals surface area contributed by atoms with Crippen molar-refractivity contribution in [3.63, 3.8) is 0 Å². The number of anilines is 3. The van der Waals surface area contributed by atoms with Gasteiger partial charge in [-0.3, -0.25) is 19.2 Å². The highest BCUT2D eigenvalue weighted by atomic mass is 16.5. The number of aromatic carboxylic acids is 4. The maximum atomic E-state index is 13.9. The zero-order valence-electron chi connectivity index (χ0n) is 34.2. The molecule has 8 N–H and O–H groups in total. The number of carboxylic acid groups (broad SMARTS) is 4. The molecule has 5 aromatic rings. The number of amides is 4. The Hall–Kier alpha value is -8.87. The fraction of sp³-hybridized carbons (Fsp3) is 0.133. The minimum absolute atomic E-state index is 0.180. The van der Waals surface area contributed by atoms with Gasteiger partial charge >= 0.3 is 29.8 Å². The van der Waals surface area contributed by atoms with Crippen LogP contribution in [0.5, 0.6) is 11.5 Å². The Morgan fingerprint density at radius 1 is 0.500 bits per heavy atom. The summed E-state index contributed by atoms with van der Waals surface area (Å²) in [5.74, 6) is -11.2. The van der Waals surface area contributed by atoms with E-state index in [9.17, 15) is 63.6 Å². The highest BCUT2D eigenvalue weighted by molar-refractivity contribution is 6.18. The predicted molar refractivity (Wildman–Crippen MR) is 227 cm³/mol. The fourth-order valence-electron chi connectivity index (χ4n) is 5.96. The average molecular weight is 875 g/mol. The largest absolute Gasteiger partial charge is 0.478 e. The number of benzene rings is 5. The van der Waals surface area contributed by atoms with Crippen molar-refractivity contribution in [1.82, 2.24) is 5.32 Å². The molecule has 1 atom stereocenters. The fourth-order valence-corrected chi connectivity index (χ4v) is 5.96. The first-order chi connectivity index (χ1) is 30.3. The summed E-state index contributed by atoms with van der Waals surface area (Å²) in [6, 6.07) is 19.3. The van der Waals surface area contributed by atoms with Gasteiger partial charge in [0.1, 0.15) is 11.5 Å². The topological polar surface area (TPSA) is 301 Å². The second-order valence-electron chi connectivity index (χ2n) is 13.9. The molecular weight excluding hydrogens is 837 g/mol. The highest BCUT2D eigenvalue weighted by Gasteiger charge is 2.28. The van der Waals surface area contributed by atoms with E-state index in [1.54, 1.807) is 26.0 Å². The van der Waals surface area contributed by atoms with Crippen LogP contribution in [0, 0.1) is 6.92 Å². The van der Waals surface area contributed by atoms with Gasteiger partial charge in [-0.1, -0.05) is 24.6 Å². The number of rotatable bonds is 16. The molecule has 0 spiro atoms. The third-order valence-electron chi connectivity index (χ3n) is 9.38. The van der Waals surface area contributed by atoms with Crippen LogP contribution < -0.4 is 26.0 Å². The first-order valence-electron chi connectivity index (χ1n) is 19.0. The van der Waals surface area contributed by atoms with Crippen LogP contribution in [0.3, 0.4) is 0 Å². The van der Waals surface area contributed by atoms with Gasteiger partial charge in [-0.2, -0.15) is 0 Å². The monoisotopic (exact) mass is 874 g/mol. The molecule has 0 fully saturated rings. The molecule has 328 valence electrons. The zero-order valence-corrected chi connectivity index (χ0v) is 34.2. The molecule has 0 aliphatic carbocycles. The van der Waals surface area contributed by atoms with E-state index >= 15 is 0 Å². The number of carbonyl (C=O) groups is 9. The number of aryl methyl sites for hydroxylation is 1. The summed E-state index contributed by atoms with van der Waals surface area (Å²) in [5, 5.41) is 49.0. The summed E-state index contributed by atoms with van der Waals surface area (Å²) in [6.07, 6.45) is -0.226. The van der Waals surface area contributed by atoms with Crippen molar-refractivity contribution in [1.29, 1.82) is 0 Å². The summed E-state index contributed by atoms with van der Waals surface area (Å²) in [4.78, 5) is 116. The Morgan fingerprint density at radius 3 is 1.23 bits per heavy atom. The normalized spacial score (nSPS) is 11.0. The van der Waals surface area contributed by atoms with Crippen LogP contribution in [-0.4, -0.2) is 87.1 Å². The van der Waals surface area contributed by atoms with Gasteiger partial charge in [0.15, 0.2) is 0 Å². The Kier molecular flexibility index (Phi) is 14.2. The highest BCUT2D eigenvalue weighted by Crippen LogP contribution is 2.28. The van der Waals surface area contributed by atoms with Crippen molar-refractivity contribution in [2.75, 3.05) is 23.0 Å². The second kappa shape index (κ2) is 19.7. The lowest BCUT2D eigenvalue weighted by Gasteiger charge is -2.16. The number of hydrogen-bond acceptors (Lipinski definition) is 11. The lowest BCUT2D eigenvalue weighted by atomic mass is 9.96. The Bertz CT molecular complexity index is 2750. The van der Waals surface area contributed by atoms with Gasteiger partial charge in [0.05, 0.1) is 56.2 Å². The van der Waals surface area contributed by atoms with E-state index in [0.29, 0.717) is 30.1 Å². The van der Waals surface area contributed by atoms with E-state index in [4.69, 9.17) is 9.47 Å². The Balaban J connectivity index is 1.51. The van der Waals surface area contributed by atoms with E-state index in [0.717, 1.165) is 35.9 Å². The molecule has 0 heterocycles. The van der Waals surface area contributed by atoms with Gasteiger partial charge in [-0.05, 0) is 99.1 Å². The first-order valence-corrected chi connectivity index (χ1v) is 19.0. The van der Waals surface area contributed by atoms with E-state index in [1.165, 1.54) is 31.3 Å². The maximum absolute atomic E-state index is 13.9. The molecule has 0 radical (unpaired) electrons. The van der Waals surface area contributed by atoms with Crippen LogP contribution in [0.4, 0.5) is 17.1 Å². The minimum Gasteiger partial charge on any atom is -0.478 e. The first kappa shape index (κ1) is 46.2. The van der Waals surface area contributed by atoms with E-state index < -0.39 is 104 Å². The van der Waals surface area contributed by atoms with Crippen LogP contribution >= 0.6 is 0 Å². The van der Waals surface area contributed by atoms with E-state index in [1.807, 2.05) is 19.1 Å². The SMILES string of the molecule is CCC(C)OC(=O)c1cc(NC(=O)c2cc(C(=O)NC)c(C(=O)O)cc2C(=O)O)cc(NC(=O)c2cc(C(=O)Nc3ccc(Oc4ccc(C)cc4)cc3)c(C(=O)O)cc2C(=O)O)c1. The number of carbonyl (C=O) groups excluding carboxylic acids is 5. The number of esters is 1. The molecule has 0 aliphatic rings. The van der Waals surface area contributed by atoms with Crippen LogP contribution in [0.1, 0.15) is 119 Å². The zero-order chi connectivity index (χ0) is 47.0. The summed E-state index contributed by atoms with van der Waals surface area (Å²) >= 11 is 0. The third kappa shape index (κ3) is 10.9. The van der Waals surface area contributed by atoms with Gasteiger partial charge in [0, 0.05) is 24.1 Å². The second-order valence-corrected chi connectivity index (χ2v) is 13.9. The van der Waals surface area contributed by atoms with Crippen molar-refractivity contribution >= 4 is 70.5 Å². The molecule has 4 amide bonds. The molecule has 0 aliphatic heterocycles. The quantitative estimate of drug-likeness (QED) is 0.0481. The van der Waals surface area contributed by atoms with Crippen LogP contribution in [0.25, 0.3) is 0 Å². The minimum atomic E-state index is -1.75. The molecular formula is C45H38N4O15. The van der Waals surface area contributed by atoms with Gasteiger partial charge < -0.3 is 51.2 Å². The molecule has 0 bridgehead atoms. The number of hydrogen-bond donors (Lipinski definition) is 8. The Morgan fingerprint density at radius 2 is 0.859 bits per heavy atom. The smallest absolute Gasteiger partial charge is 0.338 e. The van der Waals surface area contributed by atoms with Crippen LogP contribution in [0.2, 0.25) is 0 Å². The third-order valence-corrected chi connectivity index (χ3v) is 9.38. The van der Waals surface area contributed by atoms with Crippen molar-refractivity contribution in [2.24, 2.45) is 0 Å². The van der Waals surface area contributed by atoms with Gasteiger partial charge in [0.2, 0.25) is 0 Å². The molecule has 0 saturated heterocycles. The van der Waals surface area contributed by atoms with Crippen molar-refractivity contribution in [2.45, 2.75) is 33.3 Å². The van der Waals surface area contributed by atoms with Crippen LogP contribution in [0.15, 0.2) is 91.0 Å². The van der Waals surface area contributed by atoms with Gasteiger partial charge in [0.25, 0.3) is 23.6 Å². The van der Waals surface area contributed by atoms with Crippen molar-refractivity contribution in [3.8, 4) is 11.5 Å². The van der Waals surface area contributed by atoms with Crippen molar-refractivity contribution in [3.05, 3.63) is 147 Å². The lowest BCUT2D eigenvalue weighted by Crippen LogP contribution is -2.25. The molecule has 19 nitrogen and oxygen atoms in total. The predicted octanol–water partition coefficient (Wildman–Crippen LogP) is 6.65. The molecule has 19 heteroatoms. The lowest BCUT2D eigenvalue weighted by molar-refractivity contribution is 0.0333. The summed E-state index contributed by atoms with van der Waals surface area (Å²) in [7, 11) is 1.18. The molecule has 0 aromatic heterocycles. The molecule has 5 rings (SSSR count). The summed E-state index contributed by atoms with van der Waals surface area (Å²) in [5.41, 5.74) is -5.30. The summed E-state index contributed by atoms with van der Waals surface area (Å²) in [6.45, 7) is 5.23. The number of ether oxygens (including phenoxy) is 2. The van der Waals surface area contributed by atoms with Crippen LogP contribution in [-0.2, 0) is 4.74 Å². The number of nitrogens with one attached hydrogen (secondary N) is 4. The van der Waals surface area contributed by atoms with Gasteiger partial charge in [-0.15, -0.1) is 0 Å². The average Bonchev–Trinajstić information content (AvgIpc) is 3.26. The molecule has 5 aromatic carbocycles.